The second kappa shape index (κ2) is 28.8. The molecule has 12 heteroatoms. The zero-order valence-electron chi connectivity index (χ0n) is 22.9. The van der Waals surface area contributed by atoms with Gasteiger partial charge in [0.1, 0.15) is 0 Å². The molecule has 0 saturated carbocycles. The number of imide groups is 1. The van der Waals surface area contributed by atoms with E-state index in [2.05, 4.69) is 19.2 Å². The third kappa shape index (κ3) is 31.3. The van der Waals surface area contributed by atoms with Gasteiger partial charge >= 0.3 is 31.5 Å². The molecule has 1 atom stereocenters. The molecule has 1 aliphatic heterocycles. The quantitative estimate of drug-likeness (QED) is 0.0860. The summed E-state index contributed by atoms with van der Waals surface area (Å²) in [5, 5.41) is 26.0. The predicted octanol–water partition coefficient (Wildman–Crippen LogP) is 1.90. The third-order valence-electron chi connectivity index (χ3n) is 5.02. The van der Waals surface area contributed by atoms with Crippen LogP contribution in [-0.2, 0) is 33.9 Å². The van der Waals surface area contributed by atoms with E-state index in [1.165, 1.54) is 64.2 Å². The molecule has 212 valence electrons. The smallest absolute Gasteiger partial charge is 0.545 e. The first-order chi connectivity index (χ1) is 17.6. The Morgan fingerprint density at radius 2 is 1.18 bits per heavy atom. The van der Waals surface area contributed by atoms with E-state index in [1.807, 2.05) is 10.6 Å². The minimum atomic E-state index is -1.09. The molecule has 5 N–H and O–H groups in total. The zero-order valence-corrected chi connectivity index (χ0v) is 25.9. The number of nitrogens with two attached hydrogens (primary N) is 1. The molecular formula is C26H44N4O7Zn. The molecule has 0 aliphatic carbocycles. The van der Waals surface area contributed by atoms with Crippen molar-refractivity contribution in [3.05, 3.63) is 24.3 Å². The van der Waals surface area contributed by atoms with E-state index in [0.29, 0.717) is 0 Å². The number of hydrogen-bond donors (Lipinski definition) is 4. The number of carbonyl (C=O) groups is 5. The van der Waals surface area contributed by atoms with Gasteiger partial charge in [-0.15, -0.1) is 0 Å². The molecule has 1 saturated heterocycles. The van der Waals surface area contributed by atoms with Crippen LogP contribution in [0.1, 0.15) is 104 Å². The number of allylic oxidation sites excluding steroid dienone is 2. The summed E-state index contributed by atoms with van der Waals surface area (Å²) in [5.74, 6) is -2.80. The first kappa shape index (κ1) is 39.8. The van der Waals surface area contributed by atoms with Crippen molar-refractivity contribution in [2.24, 2.45) is 5.73 Å². The van der Waals surface area contributed by atoms with Gasteiger partial charge in [-0.3, -0.25) is 10.1 Å². The Morgan fingerprint density at radius 1 is 0.789 bits per heavy atom. The van der Waals surface area contributed by atoms with E-state index in [1.54, 1.807) is 12.2 Å². The number of rotatable bonds is 17. The Bertz CT molecular complexity index is 694. The van der Waals surface area contributed by atoms with E-state index in [0.717, 1.165) is 37.8 Å². The van der Waals surface area contributed by atoms with Crippen LogP contribution in [-0.4, -0.2) is 36.1 Å². The molecule has 5 amide bonds. The molecule has 0 aromatic rings. The maximum Gasteiger partial charge on any atom is 2.00 e. The fourth-order valence-electron chi connectivity index (χ4n) is 3.10. The molecule has 11 nitrogen and oxygen atoms in total. The average molecular weight is 590 g/mol. The summed E-state index contributed by atoms with van der Waals surface area (Å²) in [6.45, 7) is 4.39. The van der Waals surface area contributed by atoms with Gasteiger partial charge in [0, 0.05) is 0 Å². The van der Waals surface area contributed by atoms with Crippen LogP contribution < -0.4 is 31.9 Å². The van der Waals surface area contributed by atoms with Crippen LogP contribution in [0.2, 0.25) is 0 Å². The van der Waals surface area contributed by atoms with Gasteiger partial charge in [0.25, 0.3) is 5.91 Å². The van der Waals surface area contributed by atoms with Crippen LogP contribution in [0.5, 0.6) is 0 Å². The van der Waals surface area contributed by atoms with Crippen LogP contribution in [0.3, 0.4) is 0 Å². The van der Waals surface area contributed by atoms with Gasteiger partial charge in [-0.1, -0.05) is 90.2 Å². The van der Waals surface area contributed by atoms with Crippen molar-refractivity contribution < 1.29 is 53.7 Å². The number of unbranched alkanes of at least 4 members (excludes halogenated alkanes) is 12. The largest absolute Gasteiger partial charge is 2.00 e. The van der Waals surface area contributed by atoms with E-state index in [9.17, 15) is 34.2 Å². The van der Waals surface area contributed by atoms with Crippen molar-refractivity contribution in [3.8, 4) is 0 Å². The Morgan fingerprint density at radius 3 is 1.50 bits per heavy atom. The van der Waals surface area contributed by atoms with E-state index < -0.39 is 36.1 Å². The molecule has 1 unspecified atom stereocenters. The second-order valence-electron chi connectivity index (χ2n) is 8.46. The summed E-state index contributed by atoms with van der Waals surface area (Å²) >= 11 is 0. The van der Waals surface area contributed by atoms with Crippen LogP contribution in [0, 0.1) is 0 Å². The minimum Gasteiger partial charge on any atom is -0.545 e. The number of primary amides is 1. The van der Waals surface area contributed by atoms with Gasteiger partial charge in [0.15, 0.2) is 6.17 Å². The van der Waals surface area contributed by atoms with Gasteiger partial charge in [-0.2, -0.15) is 0 Å². The number of urea groups is 2. The number of nitrogens with one attached hydrogen (secondary N) is 3. The second-order valence-corrected chi connectivity index (χ2v) is 8.46. The van der Waals surface area contributed by atoms with Gasteiger partial charge in [-0.25, -0.2) is 9.59 Å². The SMILES string of the molecule is CCCCCCCCC=CC(=O)[O-].CCCCCCCCC=CC(=O)[O-].NC(=O)NC1NC(=O)NC1=O.[Zn+2]. The Balaban J connectivity index is -0.000000479. The molecule has 1 aliphatic rings. The van der Waals surface area contributed by atoms with Crippen LogP contribution in [0.4, 0.5) is 9.59 Å². The van der Waals surface area contributed by atoms with Crippen molar-refractivity contribution in [2.45, 2.75) is 110 Å². The summed E-state index contributed by atoms with van der Waals surface area (Å²) in [5.41, 5.74) is 4.70. The standard InChI is InChI=1S/2C11H20O2.C4H6N4O3.Zn/c2*1-2-3-4-5-6-7-8-9-10-11(12)13;5-3(10)6-1-2(9)8-4(11)7-1;/h2*9-10H,2-8H2,1H3,(H,12,13);1H,(H3,5,6,10)(H2,7,8,9,11);/q;;;+2/p-2. The summed E-state index contributed by atoms with van der Waals surface area (Å²) < 4.78 is 0. The molecule has 0 aromatic carbocycles. The number of amides is 5. The van der Waals surface area contributed by atoms with Crippen molar-refractivity contribution in [2.75, 3.05) is 0 Å². The van der Waals surface area contributed by atoms with Crippen LogP contribution >= 0.6 is 0 Å². The average Bonchev–Trinajstić information content (AvgIpc) is 3.13. The summed E-state index contributed by atoms with van der Waals surface area (Å²) in [7, 11) is 0. The molecule has 38 heavy (non-hydrogen) atoms. The first-order valence-electron chi connectivity index (χ1n) is 13.1. The first-order valence-corrected chi connectivity index (χ1v) is 13.1. The molecule has 0 spiro atoms. The monoisotopic (exact) mass is 588 g/mol. The van der Waals surface area contributed by atoms with Gasteiger partial charge in [0.05, 0.1) is 11.9 Å². The fourth-order valence-corrected chi connectivity index (χ4v) is 3.10. The molecular weight excluding hydrogens is 546 g/mol. The van der Waals surface area contributed by atoms with Crippen LogP contribution in [0.15, 0.2) is 24.3 Å². The van der Waals surface area contributed by atoms with Gasteiger partial charge in [0.2, 0.25) is 0 Å². The summed E-state index contributed by atoms with van der Waals surface area (Å²) in [6, 6.07) is -1.51. The van der Waals surface area contributed by atoms with Crippen molar-refractivity contribution in [1.29, 1.82) is 0 Å². The molecule has 1 fully saturated rings. The van der Waals surface area contributed by atoms with Crippen molar-refractivity contribution in [3.63, 3.8) is 0 Å². The third-order valence-corrected chi connectivity index (χ3v) is 5.02. The van der Waals surface area contributed by atoms with E-state index >= 15 is 0 Å². The van der Waals surface area contributed by atoms with Crippen molar-refractivity contribution >= 4 is 29.9 Å². The number of carbonyl (C=O) groups excluding carboxylic acids is 5. The van der Waals surface area contributed by atoms with E-state index in [4.69, 9.17) is 5.73 Å². The predicted molar refractivity (Wildman–Crippen MR) is 137 cm³/mol. The number of carboxylic acid groups (broad SMARTS) is 2. The molecule has 1 rings (SSSR count). The van der Waals surface area contributed by atoms with Gasteiger partial charge < -0.3 is 36.2 Å². The normalized spacial score (nSPS) is 13.9. The Hall–Kier alpha value is -2.75. The summed E-state index contributed by atoms with van der Waals surface area (Å²) in [4.78, 5) is 51.2. The number of aliphatic carboxylic acids is 2. The Kier molecular flexibility index (Phi) is 30.2. The minimum absolute atomic E-state index is 0. The Labute approximate surface area is 239 Å². The van der Waals surface area contributed by atoms with Gasteiger partial charge in [-0.05, 0) is 37.8 Å². The van der Waals surface area contributed by atoms with Crippen LogP contribution in [0.25, 0.3) is 0 Å². The molecule has 1 heterocycles. The fraction of sp³-hybridized carbons (Fsp3) is 0.654. The summed E-state index contributed by atoms with van der Waals surface area (Å²) in [6.07, 6.45) is 21.2. The van der Waals surface area contributed by atoms with Crippen molar-refractivity contribution in [1.82, 2.24) is 16.0 Å². The molecule has 0 radical (unpaired) electrons. The number of carboxylic acids is 2. The topological polar surface area (TPSA) is 194 Å². The maximum atomic E-state index is 10.7. The maximum absolute atomic E-state index is 10.7. The number of hydrogen-bond acceptors (Lipinski definition) is 7. The molecule has 0 bridgehead atoms. The molecule has 0 aromatic heterocycles. The zero-order chi connectivity index (χ0) is 28.3. The van der Waals surface area contributed by atoms with E-state index in [-0.39, 0.29) is 19.5 Å².